The average Bonchev–Trinajstić information content (AvgIpc) is 3.65. The van der Waals surface area contributed by atoms with Crippen molar-refractivity contribution in [2.45, 2.75) is 37.5 Å². The first-order valence-electron chi connectivity index (χ1n) is 15.1. The number of carbonyl (C=O) groups is 7. The molecule has 0 saturated heterocycles. The molecule has 3 heterocycles. The van der Waals surface area contributed by atoms with Crippen molar-refractivity contribution < 1.29 is 62.7 Å². The lowest BCUT2D eigenvalue weighted by atomic mass is 9.86. The van der Waals surface area contributed by atoms with Gasteiger partial charge in [0.25, 0.3) is 23.6 Å². The summed E-state index contributed by atoms with van der Waals surface area (Å²) in [6.07, 6.45) is 5.85. The lowest BCUT2D eigenvalue weighted by Crippen LogP contribution is -2.55. The van der Waals surface area contributed by atoms with Gasteiger partial charge in [-0.25, -0.2) is 0 Å². The van der Waals surface area contributed by atoms with E-state index in [0.29, 0.717) is 0 Å². The van der Waals surface area contributed by atoms with Crippen LogP contribution in [-0.4, -0.2) is 151 Å². The van der Waals surface area contributed by atoms with Crippen LogP contribution < -0.4 is 5.32 Å². The zero-order valence-corrected chi connectivity index (χ0v) is 25.9. The molecule has 6 amide bonds. The van der Waals surface area contributed by atoms with Gasteiger partial charge in [-0.1, -0.05) is 0 Å². The maximum Gasteiger partial charge on any atom is 0.305 e. The van der Waals surface area contributed by atoms with Gasteiger partial charge in [0, 0.05) is 55.6 Å². The monoisotopic (exact) mass is 664 g/mol. The predicted octanol–water partition coefficient (Wildman–Crippen LogP) is -1.88. The predicted molar refractivity (Wildman–Crippen MR) is 159 cm³/mol. The molecule has 0 aliphatic carbocycles. The van der Waals surface area contributed by atoms with Crippen molar-refractivity contribution >= 4 is 41.4 Å². The van der Waals surface area contributed by atoms with Gasteiger partial charge in [-0.15, -0.1) is 0 Å². The minimum atomic E-state index is -1.25. The molecule has 0 aromatic heterocycles. The molecule has 0 radical (unpaired) electrons. The van der Waals surface area contributed by atoms with Gasteiger partial charge >= 0.3 is 5.97 Å². The molecule has 3 aliphatic heterocycles. The number of carbonyl (C=O) groups excluding carboxylic acids is 6. The van der Waals surface area contributed by atoms with E-state index in [1.165, 1.54) is 17.1 Å². The summed E-state index contributed by atoms with van der Waals surface area (Å²) in [4.78, 5) is 88.1. The van der Waals surface area contributed by atoms with Crippen LogP contribution in [0.5, 0.6) is 0 Å². The molecule has 0 saturated carbocycles. The Bertz CT molecular complexity index is 1180. The van der Waals surface area contributed by atoms with Crippen LogP contribution in [0.2, 0.25) is 0 Å². The standard InChI is InChI=1S/C30H40N4O13/c35-22(21-47-20-19-46-18-17-45-16-15-44-14-7-29(42)43)31-30(8-11-32-23(36)1-2-24(32)37,9-12-33-25(38)3-4-26(33)39)10-13-34-27(40)5-6-28(34)41/h1-6,23,36H,7-21H2,(H,31,35)(H,42,43). The Balaban J connectivity index is 1.54. The first-order chi connectivity index (χ1) is 22.5. The summed E-state index contributed by atoms with van der Waals surface area (Å²) in [5.41, 5.74) is -1.25. The van der Waals surface area contributed by atoms with E-state index in [9.17, 15) is 38.7 Å². The zero-order valence-electron chi connectivity index (χ0n) is 25.9. The van der Waals surface area contributed by atoms with E-state index in [-0.39, 0.29) is 91.6 Å². The van der Waals surface area contributed by atoms with E-state index in [2.05, 4.69) is 5.32 Å². The highest BCUT2D eigenvalue weighted by atomic mass is 16.6. The van der Waals surface area contributed by atoms with Crippen molar-refractivity contribution in [1.82, 2.24) is 20.0 Å². The molecule has 0 fully saturated rings. The second-order valence-electron chi connectivity index (χ2n) is 10.7. The second-order valence-corrected chi connectivity index (χ2v) is 10.7. The Morgan fingerprint density at radius 3 is 1.55 bits per heavy atom. The van der Waals surface area contributed by atoms with Crippen LogP contribution in [0, 0.1) is 0 Å². The van der Waals surface area contributed by atoms with Crippen LogP contribution in [0.15, 0.2) is 36.5 Å². The maximum absolute atomic E-state index is 13.1. The van der Waals surface area contributed by atoms with Crippen molar-refractivity contribution in [3.8, 4) is 0 Å². The van der Waals surface area contributed by atoms with Gasteiger partial charge in [0.2, 0.25) is 11.8 Å². The Hall–Kier alpha value is -4.29. The van der Waals surface area contributed by atoms with Gasteiger partial charge in [0.15, 0.2) is 0 Å². The summed E-state index contributed by atoms with van der Waals surface area (Å²) in [5, 5.41) is 21.7. The highest BCUT2D eigenvalue weighted by molar-refractivity contribution is 6.13. The van der Waals surface area contributed by atoms with E-state index in [1.807, 2.05) is 0 Å². The van der Waals surface area contributed by atoms with E-state index >= 15 is 0 Å². The molecule has 17 nitrogen and oxygen atoms in total. The van der Waals surface area contributed by atoms with Gasteiger partial charge in [-0.3, -0.25) is 43.4 Å². The normalized spacial score (nSPS) is 17.7. The molecular weight excluding hydrogens is 624 g/mol. The third kappa shape index (κ3) is 12.1. The molecule has 0 aromatic carbocycles. The van der Waals surface area contributed by atoms with Crippen molar-refractivity contribution in [2.75, 3.05) is 72.5 Å². The SMILES string of the molecule is O=C(O)CCOCCOCCOCCOCC(=O)NC(CCN1C(=O)C=CC1=O)(CCN1C(=O)C=CC1=O)CCN1C(=O)C=CC1O. The molecule has 1 unspecified atom stereocenters. The molecule has 3 aliphatic rings. The average molecular weight is 665 g/mol. The number of imide groups is 2. The molecule has 17 heteroatoms. The molecule has 0 spiro atoms. The van der Waals surface area contributed by atoms with Gasteiger partial charge in [0.1, 0.15) is 12.8 Å². The molecular formula is C30H40N4O13. The number of carboxylic acids is 1. The summed E-state index contributed by atoms with van der Waals surface area (Å²) in [5.74, 6) is -4.08. The number of ether oxygens (including phenoxy) is 4. The maximum atomic E-state index is 13.1. The minimum absolute atomic E-state index is 0.0147. The van der Waals surface area contributed by atoms with Crippen LogP contribution in [0.1, 0.15) is 25.7 Å². The van der Waals surface area contributed by atoms with Crippen LogP contribution in [0.4, 0.5) is 0 Å². The molecule has 47 heavy (non-hydrogen) atoms. The summed E-state index contributed by atoms with van der Waals surface area (Å²) in [6, 6.07) is 0. The fourth-order valence-electron chi connectivity index (χ4n) is 4.91. The molecule has 258 valence electrons. The molecule has 1 atom stereocenters. The van der Waals surface area contributed by atoms with Crippen molar-refractivity contribution in [3.63, 3.8) is 0 Å². The molecule has 3 rings (SSSR count). The number of hydrogen-bond acceptors (Lipinski definition) is 12. The highest BCUT2D eigenvalue weighted by Gasteiger charge is 2.38. The van der Waals surface area contributed by atoms with Gasteiger partial charge in [0.05, 0.1) is 52.7 Å². The Labute approximate surface area is 270 Å². The minimum Gasteiger partial charge on any atom is -0.481 e. The topological polar surface area (TPSA) is 219 Å². The Morgan fingerprint density at radius 1 is 0.660 bits per heavy atom. The first-order valence-corrected chi connectivity index (χ1v) is 15.1. The Morgan fingerprint density at radius 2 is 1.11 bits per heavy atom. The van der Waals surface area contributed by atoms with E-state index in [0.717, 1.165) is 34.1 Å². The number of aliphatic hydroxyl groups is 1. The van der Waals surface area contributed by atoms with E-state index in [4.69, 9.17) is 24.1 Å². The summed E-state index contributed by atoms with van der Waals surface area (Å²) in [7, 11) is 0. The first kappa shape index (κ1) is 37.2. The number of rotatable bonds is 24. The van der Waals surface area contributed by atoms with Crippen LogP contribution in [-0.2, 0) is 52.5 Å². The van der Waals surface area contributed by atoms with Crippen LogP contribution in [0.3, 0.4) is 0 Å². The number of amides is 6. The summed E-state index contributed by atoms with van der Waals surface area (Å²) >= 11 is 0. The number of nitrogens with zero attached hydrogens (tertiary/aromatic N) is 3. The third-order valence-corrected chi connectivity index (χ3v) is 7.49. The smallest absolute Gasteiger partial charge is 0.305 e. The zero-order chi connectivity index (χ0) is 34.2. The quantitative estimate of drug-likeness (QED) is 0.0761. The summed E-state index contributed by atoms with van der Waals surface area (Å²) < 4.78 is 21.3. The Kier molecular flexibility index (Phi) is 14.8. The fourth-order valence-corrected chi connectivity index (χ4v) is 4.91. The number of hydrogen-bond donors (Lipinski definition) is 3. The summed E-state index contributed by atoms with van der Waals surface area (Å²) in [6.45, 7) is 0.714. The molecule has 0 bridgehead atoms. The van der Waals surface area contributed by atoms with Gasteiger partial charge in [-0.05, 0) is 25.3 Å². The molecule has 0 aromatic rings. The third-order valence-electron chi connectivity index (χ3n) is 7.49. The van der Waals surface area contributed by atoms with Gasteiger partial charge in [-0.2, -0.15) is 0 Å². The van der Waals surface area contributed by atoms with Crippen LogP contribution >= 0.6 is 0 Å². The number of carboxylic acid groups (broad SMARTS) is 1. The number of aliphatic carboxylic acids is 1. The highest BCUT2D eigenvalue weighted by Crippen LogP contribution is 2.26. The molecule has 3 N–H and O–H groups in total. The number of aliphatic hydroxyl groups excluding tert-OH is 1. The van der Waals surface area contributed by atoms with Crippen molar-refractivity contribution in [2.24, 2.45) is 0 Å². The van der Waals surface area contributed by atoms with E-state index < -0.39 is 59.8 Å². The van der Waals surface area contributed by atoms with Crippen molar-refractivity contribution in [1.29, 1.82) is 0 Å². The second kappa shape index (κ2) is 18.8. The van der Waals surface area contributed by atoms with Crippen molar-refractivity contribution in [3.05, 3.63) is 36.5 Å². The van der Waals surface area contributed by atoms with Gasteiger partial charge < -0.3 is 39.4 Å². The lowest BCUT2D eigenvalue weighted by molar-refractivity contribution is -0.139. The lowest BCUT2D eigenvalue weighted by Gasteiger charge is -2.38. The number of nitrogens with one attached hydrogen (secondary N) is 1. The largest absolute Gasteiger partial charge is 0.481 e. The van der Waals surface area contributed by atoms with Crippen LogP contribution in [0.25, 0.3) is 0 Å². The fraction of sp³-hybridized carbons (Fsp3) is 0.567. The van der Waals surface area contributed by atoms with E-state index in [1.54, 1.807) is 0 Å².